The van der Waals surface area contributed by atoms with Crippen LogP contribution in [0.2, 0.25) is 0 Å². The summed E-state index contributed by atoms with van der Waals surface area (Å²) in [5.41, 5.74) is 8.57. The summed E-state index contributed by atoms with van der Waals surface area (Å²) < 4.78 is 4.99. The van der Waals surface area contributed by atoms with Gasteiger partial charge < -0.3 is 15.6 Å². The van der Waals surface area contributed by atoms with E-state index in [0.29, 0.717) is 11.5 Å². The highest BCUT2D eigenvalue weighted by Crippen LogP contribution is 2.16. The molecule has 0 radical (unpaired) electrons. The Balaban J connectivity index is 2.07. The fourth-order valence-corrected chi connectivity index (χ4v) is 1.80. The van der Waals surface area contributed by atoms with Crippen molar-refractivity contribution in [3.05, 3.63) is 47.3 Å². The topological polar surface area (TPSA) is 64.1 Å². The first-order valence-corrected chi connectivity index (χ1v) is 5.61. The van der Waals surface area contributed by atoms with Crippen molar-refractivity contribution in [1.82, 2.24) is 5.16 Å². The van der Waals surface area contributed by atoms with Crippen LogP contribution >= 0.6 is 12.2 Å². The molecule has 88 valence electrons. The number of hydrogen-bond donors (Lipinski definition) is 2. The summed E-state index contributed by atoms with van der Waals surface area (Å²) in [5.74, 6) is 0.793. The molecule has 1 aromatic carbocycles. The van der Waals surface area contributed by atoms with Crippen LogP contribution in [0.15, 0.2) is 35.0 Å². The number of thiocarbonyl (C=S) groups is 1. The van der Waals surface area contributed by atoms with Crippen molar-refractivity contribution in [2.24, 2.45) is 5.73 Å². The molecule has 0 bridgehead atoms. The van der Waals surface area contributed by atoms with Gasteiger partial charge in [0.2, 0.25) is 0 Å². The van der Waals surface area contributed by atoms with Crippen LogP contribution in [0.4, 0.5) is 5.69 Å². The van der Waals surface area contributed by atoms with E-state index in [-0.39, 0.29) is 0 Å². The molecule has 3 N–H and O–H groups in total. The Kier molecular flexibility index (Phi) is 3.39. The lowest BCUT2D eigenvalue weighted by molar-refractivity contribution is 0.388. The third kappa shape index (κ3) is 2.82. The molecular weight excluding hydrogens is 234 g/mol. The molecule has 1 aromatic heterocycles. The summed E-state index contributed by atoms with van der Waals surface area (Å²) in [6.45, 7) is 2.58. The van der Waals surface area contributed by atoms with Crippen LogP contribution in [-0.2, 0) is 6.54 Å². The van der Waals surface area contributed by atoms with E-state index < -0.39 is 0 Å². The zero-order valence-electron chi connectivity index (χ0n) is 9.43. The molecule has 0 saturated heterocycles. The van der Waals surface area contributed by atoms with E-state index in [2.05, 4.69) is 10.5 Å². The molecule has 0 amide bonds. The maximum atomic E-state index is 5.60. The van der Waals surface area contributed by atoms with Gasteiger partial charge >= 0.3 is 0 Å². The zero-order chi connectivity index (χ0) is 12.3. The molecule has 17 heavy (non-hydrogen) atoms. The minimum absolute atomic E-state index is 0.421. The first-order valence-electron chi connectivity index (χ1n) is 5.20. The highest BCUT2D eigenvalue weighted by Gasteiger charge is 2.03. The molecular formula is C12H13N3OS. The molecule has 0 aliphatic heterocycles. The molecule has 5 heteroatoms. The fraction of sp³-hybridized carbons (Fsp3) is 0.167. The molecule has 0 unspecified atom stereocenters. The van der Waals surface area contributed by atoms with Gasteiger partial charge in [-0.1, -0.05) is 17.4 Å². The largest absolute Gasteiger partial charge is 0.389 e. The minimum Gasteiger partial charge on any atom is -0.389 e. The van der Waals surface area contributed by atoms with Crippen molar-refractivity contribution in [2.45, 2.75) is 13.5 Å². The molecule has 0 fully saturated rings. The highest BCUT2D eigenvalue weighted by molar-refractivity contribution is 7.80. The summed E-state index contributed by atoms with van der Waals surface area (Å²) in [5, 5.41) is 6.88. The third-order valence-electron chi connectivity index (χ3n) is 2.45. The van der Waals surface area contributed by atoms with Gasteiger partial charge in [0.25, 0.3) is 0 Å². The van der Waals surface area contributed by atoms with E-state index in [0.717, 1.165) is 22.6 Å². The lowest BCUT2D eigenvalue weighted by Gasteiger charge is -2.08. The van der Waals surface area contributed by atoms with E-state index in [1.807, 2.05) is 31.2 Å². The molecule has 0 atom stereocenters. The van der Waals surface area contributed by atoms with Crippen LogP contribution in [0.5, 0.6) is 0 Å². The van der Waals surface area contributed by atoms with Crippen molar-refractivity contribution in [2.75, 3.05) is 5.32 Å². The molecule has 1 heterocycles. The Morgan fingerprint density at radius 2 is 2.29 bits per heavy atom. The van der Waals surface area contributed by atoms with Crippen molar-refractivity contribution in [1.29, 1.82) is 0 Å². The molecule has 0 aliphatic rings. The van der Waals surface area contributed by atoms with E-state index in [4.69, 9.17) is 22.5 Å². The van der Waals surface area contributed by atoms with E-state index in [1.54, 1.807) is 6.20 Å². The number of hydrogen-bond acceptors (Lipinski definition) is 4. The lowest BCUT2D eigenvalue weighted by Crippen LogP contribution is -2.11. The number of aryl methyl sites for hydroxylation is 1. The smallest absolute Gasteiger partial charge is 0.155 e. The Morgan fingerprint density at radius 1 is 1.47 bits per heavy atom. The molecule has 2 aromatic rings. The number of nitrogens with zero attached hydrogens (tertiary/aromatic N) is 1. The lowest BCUT2D eigenvalue weighted by atomic mass is 10.1. The normalized spacial score (nSPS) is 10.2. The second-order valence-electron chi connectivity index (χ2n) is 3.73. The summed E-state index contributed by atoms with van der Waals surface area (Å²) >= 11 is 4.96. The zero-order valence-corrected chi connectivity index (χ0v) is 10.3. The van der Waals surface area contributed by atoms with E-state index in [1.165, 1.54) is 0 Å². The first-order chi connectivity index (χ1) is 8.16. The number of nitrogens with one attached hydrogen (secondary N) is 1. The highest BCUT2D eigenvalue weighted by atomic mass is 32.1. The number of rotatable bonds is 4. The van der Waals surface area contributed by atoms with Crippen molar-refractivity contribution < 1.29 is 4.52 Å². The molecule has 0 aliphatic carbocycles. The van der Waals surface area contributed by atoms with Gasteiger partial charge in [0, 0.05) is 17.3 Å². The van der Waals surface area contributed by atoms with E-state index >= 15 is 0 Å². The van der Waals surface area contributed by atoms with Crippen LogP contribution in [-0.4, -0.2) is 10.1 Å². The van der Waals surface area contributed by atoms with Crippen molar-refractivity contribution >= 4 is 22.9 Å². The number of nitrogens with two attached hydrogens (primary N) is 1. The first kappa shape index (κ1) is 11.6. The van der Waals surface area contributed by atoms with Gasteiger partial charge in [-0.25, -0.2) is 0 Å². The maximum absolute atomic E-state index is 5.60. The van der Waals surface area contributed by atoms with E-state index in [9.17, 15) is 0 Å². The summed E-state index contributed by atoms with van der Waals surface area (Å²) in [6.07, 6.45) is 1.62. The van der Waals surface area contributed by atoms with Crippen LogP contribution < -0.4 is 11.1 Å². The predicted molar refractivity (Wildman–Crippen MR) is 70.9 cm³/mol. The van der Waals surface area contributed by atoms with Crippen molar-refractivity contribution in [3.8, 4) is 0 Å². The van der Waals surface area contributed by atoms with Gasteiger partial charge in [-0.15, -0.1) is 0 Å². The van der Waals surface area contributed by atoms with Crippen LogP contribution in [0.25, 0.3) is 0 Å². The molecule has 0 spiro atoms. The van der Waals surface area contributed by atoms with Gasteiger partial charge in [0.1, 0.15) is 4.99 Å². The average Bonchev–Trinajstić information content (AvgIpc) is 2.78. The standard InChI is InChI=1S/C12H13N3OS/c1-8-6-9(2-3-11(8)12(13)17)14-7-10-4-5-15-16-10/h2-6,14H,7H2,1H3,(H2,13,17). The van der Waals surface area contributed by atoms with Gasteiger partial charge in [0.15, 0.2) is 5.76 Å². The van der Waals surface area contributed by atoms with Gasteiger partial charge in [-0.2, -0.15) is 0 Å². The SMILES string of the molecule is Cc1cc(NCc2ccno2)ccc1C(N)=S. The second-order valence-corrected chi connectivity index (χ2v) is 4.17. The quantitative estimate of drug-likeness (QED) is 0.811. The van der Waals surface area contributed by atoms with Gasteiger partial charge in [-0.05, 0) is 30.7 Å². The molecule has 2 rings (SSSR count). The van der Waals surface area contributed by atoms with Crippen LogP contribution in [0, 0.1) is 6.92 Å². The molecule has 0 saturated carbocycles. The second kappa shape index (κ2) is 4.97. The maximum Gasteiger partial charge on any atom is 0.155 e. The van der Waals surface area contributed by atoms with Gasteiger partial charge in [-0.3, -0.25) is 0 Å². The fourth-order valence-electron chi connectivity index (χ4n) is 1.57. The summed E-state index contributed by atoms with van der Waals surface area (Å²) in [7, 11) is 0. The number of aromatic nitrogens is 1. The number of anilines is 1. The summed E-state index contributed by atoms with van der Waals surface area (Å²) in [4.78, 5) is 0.421. The van der Waals surface area contributed by atoms with Gasteiger partial charge in [0.05, 0.1) is 12.7 Å². The average molecular weight is 247 g/mol. The monoisotopic (exact) mass is 247 g/mol. The van der Waals surface area contributed by atoms with Crippen LogP contribution in [0.3, 0.4) is 0 Å². The van der Waals surface area contributed by atoms with Crippen LogP contribution in [0.1, 0.15) is 16.9 Å². The summed E-state index contributed by atoms with van der Waals surface area (Å²) in [6, 6.07) is 7.69. The Bertz CT molecular complexity index is 523. The Morgan fingerprint density at radius 3 is 2.88 bits per heavy atom. The number of benzene rings is 1. The van der Waals surface area contributed by atoms with Crippen molar-refractivity contribution in [3.63, 3.8) is 0 Å². The Labute approximate surface area is 105 Å². The minimum atomic E-state index is 0.421. The third-order valence-corrected chi connectivity index (χ3v) is 2.67. The molecule has 4 nitrogen and oxygen atoms in total. The Hall–Kier alpha value is -1.88. The predicted octanol–water partition coefficient (Wildman–Crippen LogP) is 2.23.